The molecule has 0 aromatic carbocycles. The minimum absolute atomic E-state index is 0.0427. The Morgan fingerprint density at radius 2 is 2.11 bits per heavy atom. The molecule has 0 atom stereocenters. The number of piperidine rings is 1. The largest absolute Gasteiger partial charge is 0.348 e. The van der Waals surface area contributed by atoms with Gasteiger partial charge in [-0.25, -0.2) is 4.98 Å². The average Bonchev–Trinajstić information content (AvgIpc) is 2.92. The first-order chi connectivity index (χ1) is 9.08. The van der Waals surface area contributed by atoms with E-state index < -0.39 is 0 Å². The van der Waals surface area contributed by atoms with Gasteiger partial charge in [-0.1, -0.05) is 13.8 Å². The maximum atomic E-state index is 11.9. The zero-order valence-electron chi connectivity index (χ0n) is 11.3. The summed E-state index contributed by atoms with van der Waals surface area (Å²) in [5, 5.41) is 4.72. The van der Waals surface area contributed by atoms with Crippen LogP contribution in [0.1, 0.15) is 37.2 Å². The van der Waals surface area contributed by atoms with E-state index >= 15 is 0 Å². The third kappa shape index (κ3) is 3.53. The van der Waals surface area contributed by atoms with Gasteiger partial charge < -0.3 is 10.2 Å². The molecule has 2 rings (SSSR count). The number of hydrogen-bond donors (Lipinski definition) is 1. The van der Waals surface area contributed by atoms with E-state index in [1.54, 1.807) is 10.9 Å². The van der Waals surface area contributed by atoms with E-state index in [4.69, 9.17) is 0 Å². The number of thiazole rings is 1. The van der Waals surface area contributed by atoms with Gasteiger partial charge in [0.2, 0.25) is 5.91 Å². The van der Waals surface area contributed by atoms with Gasteiger partial charge in [0.15, 0.2) is 0 Å². The standard InChI is InChI=1S/C13H19N3O2S/c1-9(2)13(18)16-5-3-10(4-6-16)15-12(17)11-7-19-8-14-11/h7-10H,3-6H2,1-2H3,(H,15,17). The summed E-state index contributed by atoms with van der Waals surface area (Å²) in [6.07, 6.45) is 1.63. The van der Waals surface area contributed by atoms with Crippen LogP contribution in [0.25, 0.3) is 0 Å². The third-order valence-electron chi connectivity index (χ3n) is 3.30. The number of rotatable bonds is 3. The predicted molar refractivity (Wildman–Crippen MR) is 74.0 cm³/mol. The molecule has 0 unspecified atom stereocenters. The molecule has 1 aliphatic heterocycles. The molecular weight excluding hydrogens is 262 g/mol. The Morgan fingerprint density at radius 1 is 1.42 bits per heavy atom. The summed E-state index contributed by atoms with van der Waals surface area (Å²) in [7, 11) is 0. The molecule has 1 fully saturated rings. The summed E-state index contributed by atoms with van der Waals surface area (Å²) in [6.45, 7) is 5.27. The van der Waals surface area contributed by atoms with Gasteiger partial charge in [0.25, 0.3) is 5.91 Å². The Balaban J connectivity index is 1.81. The average molecular weight is 281 g/mol. The van der Waals surface area contributed by atoms with Gasteiger partial charge in [-0.3, -0.25) is 9.59 Å². The van der Waals surface area contributed by atoms with Crippen LogP contribution in [-0.2, 0) is 4.79 Å². The van der Waals surface area contributed by atoms with Crippen molar-refractivity contribution in [2.24, 2.45) is 5.92 Å². The van der Waals surface area contributed by atoms with Gasteiger partial charge >= 0.3 is 0 Å². The summed E-state index contributed by atoms with van der Waals surface area (Å²) in [6, 6.07) is 0.144. The highest BCUT2D eigenvalue weighted by Crippen LogP contribution is 2.14. The van der Waals surface area contributed by atoms with Crippen molar-refractivity contribution in [3.8, 4) is 0 Å². The lowest BCUT2D eigenvalue weighted by Crippen LogP contribution is -2.47. The first-order valence-electron chi connectivity index (χ1n) is 6.55. The van der Waals surface area contributed by atoms with Crippen molar-refractivity contribution in [1.29, 1.82) is 0 Å². The minimum Gasteiger partial charge on any atom is -0.348 e. The van der Waals surface area contributed by atoms with E-state index in [2.05, 4.69) is 10.3 Å². The minimum atomic E-state index is -0.116. The smallest absolute Gasteiger partial charge is 0.270 e. The molecule has 1 aromatic rings. The molecule has 2 amide bonds. The Bertz CT molecular complexity index is 437. The molecule has 2 heterocycles. The molecule has 19 heavy (non-hydrogen) atoms. The van der Waals surface area contributed by atoms with Crippen LogP contribution in [0.5, 0.6) is 0 Å². The fraction of sp³-hybridized carbons (Fsp3) is 0.615. The van der Waals surface area contributed by atoms with Crippen molar-refractivity contribution in [3.63, 3.8) is 0 Å². The summed E-state index contributed by atoms with van der Waals surface area (Å²) in [4.78, 5) is 29.6. The van der Waals surface area contributed by atoms with E-state index in [1.807, 2.05) is 18.7 Å². The third-order valence-corrected chi connectivity index (χ3v) is 3.89. The van der Waals surface area contributed by atoms with Crippen molar-refractivity contribution >= 4 is 23.2 Å². The molecule has 1 N–H and O–H groups in total. The maximum absolute atomic E-state index is 11.9. The molecule has 5 nitrogen and oxygen atoms in total. The summed E-state index contributed by atoms with van der Waals surface area (Å²) < 4.78 is 0. The Labute approximate surface area is 117 Å². The van der Waals surface area contributed by atoms with Gasteiger partial charge in [0.05, 0.1) is 5.51 Å². The first-order valence-corrected chi connectivity index (χ1v) is 7.50. The predicted octanol–water partition coefficient (Wildman–Crippen LogP) is 1.52. The van der Waals surface area contributed by atoms with E-state index in [0.717, 1.165) is 25.9 Å². The van der Waals surface area contributed by atoms with Crippen LogP contribution in [0.15, 0.2) is 10.9 Å². The van der Waals surface area contributed by atoms with Crippen LogP contribution >= 0.6 is 11.3 Å². The number of likely N-dealkylation sites (tertiary alicyclic amines) is 1. The highest BCUT2D eigenvalue weighted by molar-refractivity contribution is 7.07. The van der Waals surface area contributed by atoms with E-state index in [9.17, 15) is 9.59 Å². The molecule has 0 saturated carbocycles. The number of nitrogens with one attached hydrogen (secondary N) is 1. The molecule has 0 spiro atoms. The molecular formula is C13H19N3O2S. The topological polar surface area (TPSA) is 62.3 Å². The van der Waals surface area contributed by atoms with Crippen molar-refractivity contribution in [3.05, 3.63) is 16.6 Å². The second kappa shape index (κ2) is 6.14. The molecule has 1 aliphatic rings. The summed E-state index contributed by atoms with van der Waals surface area (Å²) in [5.74, 6) is 0.125. The van der Waals surface area contributed by atoms with E-state index in [-0.39, 0.29) is 23.8 Å². The summed E-state index contributed by atoms with van der Waals surface area (Å²) >= 11 is 1.41. The first kappa shape index (κ1) is 14.0. The highest BCUT2D eigenvalue weighted by atomic mass is 32.1. The van der Waals surface area contributed by atoms with Crippen LogP contribution in [0, 0.1) is 5.92 Å². The van der Waals surface area contributed by atoms with Gasteiger partial charge in [-0.15, -0.1) is 11.3 Å². The van der Waals surface area contributed by atoms with E-state index in [0.29, 0.717) is 5.69 Å². The molecule has 1 saturated heterocycles. The van der Waals surface area contributed by atoms with Crippen LogP contribution in [0.2, 0.25) is 0 Å². The van der Waals surface area contributed by atoms with Crippen LogP contribution in [0.4, 0.5) is 0 Å². The van der Waals surface area contributed by atoms with Gasteiger partial charge in [-0.2, -0.15) is 0 Å². The SMILES string of the molecule is CC(C)C(=O)N1CCC(NC(=O)c2cscn2)CC1. The number of amides is 2. The van der Waals surface area contributed by atoms with E-state index in [1.165, 1.54) is 11.3 Å². The van der Waals surface area contributed by atoms with Crippen molar-refractivity contribution < 1.29 is 9.59 Å². The molecule has 0 radical (unpaired) electrons. The van der Waals surface area contributed by atoms with Gasteiger partial charge in [-0.05, 0) is 12.8 Å². The Kier molecular flexibility index (Phi) is 4.52. The monoisotopic (exact) mass is 281 g/mol. The fourth-order valence-electron chi connectivity index (χ4n) is 2.19. The van der Waals surface area contributed by atoms with Crippen LogP contribution in [-0.4, -0.2) is 40.8 Å². The fourth-order valence-corrected chi connectivity index (χ4v) is 2.73. The Morgan fingerprint density at radius 3 is 2.63 bits per heavy atom. The lowest BCUT2D eigenvalue weighted by Gasteiger charge is -2.33. The summed E-state index contributed by atoms with van der Waals surface area (Å²) in [5.41, 5.74) is 2.13. The normalized spacial score (nSPS) is 16.7. The number of carbonyl (C=O) groups is 2. The Hall–Kier alpha value is -1.43. The number of aromatic nitrogens is 1. The zero-order chi connectivity index (χ0) is 13.8. The maximum Gasteiger partial charge on any atom is 0.270 e. The van der Waals surface area contributed by atoms with Crippen molar-refractivity contribution in [2.75, 3.05) is 13.1 Å². The molecule has 1 aromatic heterocycles. The molecule has 6 heteroatoms. The molecule has 104 valence electrons. The molecule has 0 bridgehead atoms. The van der Waals surface area contributed by atoms with Crippen LogP contribution in [0.3, 0.4) is 0 Å². The second-order valence-electron chi connectivity index (χ2n) is 5.10. The lowest BCUT2D eigenvalue weighted by molar-refractivity contribution is -0.135. The van der Waals surface area contributed by atoms with Gasteiger partial charge in [0, 0.05) is 30.4 Å². The van der Waals surface area contributed by atoms with Crippen LogP contribution < -0.4 is 5.32 Å². The molecule has 0 aliphatic carbocycles. The quantitative estimate of drug-likeness (QED) is 0.913. The highest BCUT2D eigenvalue weighted by Gasteiger charge is 2.25. The van der Waals surface area contributed by atoms with Crippen molar-refractivity contribution in [1.82, 2.24) is 15.2 Å². The lowest BCUT2D eigenvalue weighted by atomic mass is 10.0. The number of carbonyl (C=O) groups excluding carboxylic acids is 2. The second-order valence-corrected chi connectivity index (χ2v) is 5.82. The number of nitrogens with zero attached hydrogens (tertiary/aromatic N) is 2. The zero-order valence-corrected chi connectivity index (χ0v) is 12.1. The number of hydrogen-bond acceptors (Lipinski definition) is 4. The van der Waals surface area contributed by atoms with Crippen molar-refractivity contribution in [2.45, 2.75) is 32.7 Å². The van der Waals surface area contributed by atoms with Gasteiger partial charge in [0.1, 0.15) is 5.69 Å².